The molecule has 6 aromatic rings. The van der Waals surface area contributed by atoms with E-state index in [2.05, 4.69) is 45.9 Å². The molecule has 2 atom stereocenters. The van der Waals surface area contributed by atoms with E-state index >= 15 is 0 Å². The molecule has 7 rings (SSSR count). The van der Waals surface area contributed by atoms with Crippen LogP contribution in [-0.4, -0.2) is 66.7 Å². The smallest absolute Gasteiger partial charge is 0.302 e. The Hall–Kier alpha value is -6.86. The molecule has 1 aliphatic rings. The van der Waals surface area contributed by atoms with Crippen LogP contribution in [0.1, 0.15) is 78.0 Å². The summed E-state index contributed by atoms with van der Waals surface area (Å²) < 4.78 is 38.6. The van der Waals surface area contributed by atoms with Gasteiger partial charge >= 0.3 is 5.97 Å². The molecule has 0 spiro atoms. The minimum Gasteiger partial charge on any atom is -0.463 e. The molecule has 0 unspecified atom stereocenters. The molecule has 3 amide bonds. The molecule has 0 aromatic carbocycles. The van der Waals surface area contributed by atoms with Crippen molar-refractivity contribution in [3.05, 3.63) is 60.7 Å². The lowest BCUT2D eigenvalue weighted by Gasteiger charge is -2.14. The van der Waals surface area contributed by atoms with Gasteiger partial charge in [0, 0.05) is 20.4 Å². The number of hydrogen-bond donors (Lipinski definition) is 3. The Morgan fingerprint density at radius 3 is 1.57 bits per heavy atom. The van der Waals surface area contributed by atoms with Crippen LogP contribution >= 0.6 is 0 Å². The number of esters is 1. The van der Waals surface area contributed by atoms with E-state index in [0.717, 1.165) is 12.5 Å². The standard InChI is InChI=1S/C31H27N9O11/c1-14(41)32-6-4-3-5-16-26-37-22(10-48-26)30-39-21(11-50-30)29-36-18(8-47-29)25(44)34-19(9-45-15(2)42)27-38-23(13-49-27)31-40-20(12-51-31)28-35-17(7-46-28)24(43)33-16/h7-8,10-13,16,19H,3-6,9H2,1-2H3,(H,32,41)(H,33,43)(H,34,44)/t16-,19-/m0/s1. The van der Waals surface area contributed by atoms with Gasteiger partial charge in [0.05, 0.1) is 0 Å². The predicted octanol–water partition coefficient (Wildman–Crippen LogP) is 3.41. The maximum atomic E-state index is 13.4. The molecule has 6 aromatic heterocycles. The minimum absolute atomic E-state index is 0.00312. The lowest BCUT2D eigenvalue weighted by molar-refractivity contribution is -0.141. The first kappa shape index (κ1) is 32.7. The van der Waals surface area contributed by atoms with Crippen molar-refractivity contribution in [1.29, 1.82) is 0 Å². The van der Waals surface area contributed by atoms with Crippen molar-refractivity contribution in [2.24, 2.45) is 0 Å². The average Bonchev–Trinajstić information content (AvgIpc) is 3.95. The molecule has 51 heavy (non-hydrogen) atoms. The Morgan fingerprint density at radius 2 is 1.06 bits per heavy atom. The first-order valence-electron chi connectivity index (χ1n) is 15.4. The number of ether oxygens (including phenoxy) is 1. The summed E-state index contributed by atoms with van der Waals surface area (Å²) in [6.07, 6.45) is 8.93. The van der Waals surface area contributed by atoms with Crippen molar-refractivity contribution in [2.75, 3.05) is 13.2 Å². The van der Waals surface area contributed by atoms with Gasteiger partial charge in [0.25, 0.3) is 11.8 Å². The van der Waals surface area contributed by atoms with Crippen molar-refractivity contribution in [1.82, 2.24) is 45.9 Å². The number of carbonyl (C=O) groups is 4. The highest BCUT2D eigenvalue weighted by molar-refractivity contribution is 5.93. The van der Waals surface area contributed by atoms with Crippen LogP contribution in [0.2, 0.25) is 0 Å². The summed E-state index contributed by atoms with van der Waals surface area (Å²) in [5.41, 5.74) is 0.437. The van der Waals surface area contributed by atoms with E-state index in [0.29, 0.717) is 25.8 Å². The molecule has 12 bridgehead atoms. The third-order valence-electron chi connectivity index (χ3n) is 7.36. The fourth-order valence-corrected chi connectivity index (χ4v) is 4.90. The number of hydrogen-bond acceptors (Lipinski definition) is 17. The van der Waals surface area contributed by atoms with Gasteiger partial charge in [-0.3, -0.25) is 19.2 Å². The first-order valence-corrected chi connectivity index (χ1v) is 15.4. The summed E-state index contributed by atoms with van der Waals surface area (Å²) in [6, 6.07) is -1.77. The van der Waals surface area contributed by atoms with Gasteiger partial charge < -0.3 is 47.2 Å². The Labute approximate surface area is 285 Å². The summed E-state index contributed by atoms with van der Waals surface area (Å²) in [5.74, 6) is -1.94. The molecule has 0 aliphatic carbocycles. The van der Waals surface area contributed by atoms with Crippen LogP contribution < -0.4 is 16.0 Å². The maximum absolute atomic E-state index is 13.4. The van der Waals surface area contributed by atoms with Crippen molar-refractivity contribution < 1.29 is 50.4 Å². The Bertz CT molecular complexity index is 2200. The predicted molar refractivity (Wildman–Crippen MR) is 165 cm³/mol. The zero-order valence-electron chi connectivity index (χ0n) is 26.8. The van der Waals surface area contributed by atoms with Crippen molar-refractivity contribution in [3.63, 3.8) is 0 Å². The zero-order valence-corrected chi connectivity index (χ0v) is 26.8. The number of carbonyl (C=O) groups excluding carboxylic acids is 4. The number of amides is 3. The quantitative estimate of drug-likeness (QED) is 0.159. The number of nitrogens with zero attached hydrogens (tertiary/aromatic N) is 6. The molecule has 7 heterocycles. The number of rotatable bonds is 7. The van der Waals surface area contributed by atoms with E-state index in [9.17, 15) is 19.2 Å². The van der Waals surface area contributed by atoms with Gasteiger partial charge in [-0.25, -0.2) is 29.9 Å². The molecule has 0 radical (unpaired) electrons. The maximum Gasteiger partial charge on any atom is 0.302 e. The van der Waals surface area contributed by atoms with Gasteiger partial charge in [0.15, 0.2) is 34.2 Å². The number of unbranched alkanes of at least 4 members (excludes halogenated alkanes) is 1. The molecule has 3 N–H and O–H groups in total. The van der Waals surface area contributed by atoms with Crippen LogP contribution in [0.15, 0.2) is 64.1 Å². The van der Waals surface area contributed by atoms with Gasteiger partial charge in [-0.1, -0.05) is 0 Å². The van der Waals surface area contributed by atoms with Crippen LogP contribution in [0, 0.1) is 0 Å². The lowest BCUT2D eigenvalue weighted by atomic mass is 10.1. The summed E-state index contributed by atoms with van der Waals surface area (Å²) in [7, 11) is 0. The Kier molecular flexibility index (Phi) is 8.93. The molecule has 20 heteroatoms. The zero-order chi connectivity index (χ0) is 35.5. The molecular weight excluding hydrogens is 674 g/mol. The Balaban J connectivity index is 1.22. The number of oxazole rings is 6. The van der Waals surface area contributed by atoms with Crippen LogP contribution in [0.4, 0.5) is 0 Å². The number of fused-ring (bicyclic) bond motifs is 16. The minimum atomic E-state index is -1.05. The van der Waals surface area contributed by atoms with Gasteiger partial charge in [0.2, 0.25) is 41.3 Å². The summed E-state index contributed by atoms with van der Waals surface area (Å²) in [5, 5.41) is 8.26. The topological polar surface area (TPSA) is 270 Å². The van der Waals surface area contributed by atoms with Gasteiger partial charge in [-0.05, 0) is 19.3 Å². The van der Waals surface area contributed by atoms with Crippen LogP contribution in [0.25, 0.3) is 46.3 Å². The SMILES string of the molecule is CC(=O)NCCCC[C@@H]1NC(=O)c2coc(n2)-c2coc(n2)-c2coc(n2)[C@H](COC(C)=O)NC(=O)c2coc(n2)-c2coc(n2)-c2coc1n2. The molecule has 0 fully saturated rings. The van der Waals surface area contributed by atoms with Crippen LogP contribution in [0.3, 0.4) is 0 Å². The molecule has 0 saturated carbocycles. The normalized spacial score (nSPS) is 15.8. The van der Waals surface area contributed by atoms with Crippen LogP contribution in [-0.2, 0) is 14.3 Å². The second-order valence-corrected chi connectivity index (χ2v) is 11.1. The fraction of sp³-hybridized carbons (Fsp3) is 0.290. The Morgan fingerprint density at radius 1 is 0.627 bits per heavy atom. The van der Waals surface area contributed by atoms with Crippen molar-refractivity contribution in [3.8, 4) is 46.3 Å². The lowest BCUT2D eigenvalue weighted by Crippen LogP contribution is -2.32. The fourth-order valence-electron chi connectivity index (χ4n) is 4.90. The number of aromatic nitrogens is 6. The van der Waals surface area contributed by atoms with Crippen molar-refractivity contribution >= 4 is 23.7 Å². The summed E-state index contributed by atoms with van der Waals surface area (Å²) in [6.45, 7) is 2.77. The monoisotopic (exact) mass is 701 g/mol. The average molecular weight is 702 g/mol. The first-order chi connectivity index (χ1) is 24.7. The van der Waals surface area contributed by atoms with E-state index in [1.165, 1.54) is 38.9 Å². The highest BCUT2D eigenvalue weighted by atomic mass is 16.5. The van der Waals surface area contributed by atoms with E-state index in [1.54, 1.807) is 0 Å². The van der Waals surface area contributed by atoms with Crippen molar-refractivity contribution in [2.45, 2.75) is 45.2 Å². The van der Waals surface area contributed by atoms with Gasteiger partial charge in [0.1, 0.15) is 56.3 Å². The largest absolute Gasteiger partial charge is 0.463 e. The molecule has 262 valence electrons. The van der Waals surface area contributed by atoms with Gasteiger partial charge in [-0.15, -0.1) is 0 Å². The third-order valence-corrected chi connectivity index (χ3v) is 7.36. The van der Waals surface area contributed by atoms with Crippen LogP contribution in [0.5, 0.6) is 0 Å². The highest BCUT2D eigenvalue weighted by Gasteiger charge is 2.28. The van der Waals surface area contributed by atoms with E-state index in [-0.39, 0.29) is 82.0 Å². The third kappa shape index (κ3) is 7.28. The highest BCUT2D eigenvalue weighted by Crippen LogP contribution is 2.29. The molecule has 0 saturated heterocycles. The summed E-state index contributed by atoms with van der Waals surface area (Å²) in [4.78, 5) is 75.5. The van der Waals surface area contributed by atoms with E-state index < -0.39 is 29.9 Å². The second-order valence-electron chi connectivity index (χ2n) is 11.1. The molecule has 20 nitrogen and oxygen atoms in total. The number of nitrogens with one attached hydrogen (secondary N) is 3. The molecular formula is C31H27N9O11. The van der Waals surface area contributed by atoms with Gasteiger partial charge in [-0.2, -0.15) is 0 Å². The molecule has 1 aliphatic heterocycles. The second kappa shape index (κ2) is 13.9. The summed E-state index contributed by atoms with van der Waals surface area (Å²) >= 11 is 0. The van der Waals surface area contributed by atoms with E-state index in [1.807, 2.05) is 0 Å². The van der Waals surface area contributed by atoms with E-state index in [4.69, 9.17) is 31.2 Å².